The largest absolute Gasteiger partial charge is 0.409 e. The van der Waals surface area contributed by atoms with Gasteiger partial charge in [0.05, 0.1) is 0 Å². The Labute approximate surface area is 172 Å². The van der Waals surface area contributed by atoms with E-state index in [0.29, 0.717) is 11.4 Å². The molecule has 0 spiro atoms. The molecule has 8 heteroatoms. The van der Waals surface area contributed by atoms with E-state index in [-0.39, 0.29) is 23.3 Å². The third kappa shape index (κ3) is 6.44. The third-order valence-corrected chi connectivity index (χ3v) is 5.47. The molecule has 2 saturated heterocycles. The van der Waals surface area contributed by atoms with Crippen LogP contribution in [0.2, 0.25) is 0 Å². The van der Waals surface area contributed by atoms with Gasteiger partial charge >= 0.3 is 12.4 Å². The Hall–Kier alpha value is -2.12. The highest BCUT2D eigenvalue weighted by Gasteiger charge is 2.25. The van der Waals surface area contributed by atoms with Crippen LogP contribution in [0.5, 0.6) is 0 Å². The van der Waals surface area contributed by atoms with Gasteiger partial charge in [-0.05, 0) is 73.9 Å². The number of allylic oxidation sites excluding steroid dienone is 2. The molecule has 1 aromatic carbocycles. The molecule has 0 bridgehead atoms. The fraction of sp³-hybridized carbons (Fsp3) is 0.545. The molecule has 0 unspecified atom stereocenters. The smallest absolute Gasteiger partial charge is 0.371 e. The van der Waals surface area contributed by atoms with Crippen LogP contribution >= 0.6 is 0 Å². The van der Waals surface area contributed by atoms with Crippen molar-refractivity contribution in [3.05, 3.63) is 35.4 Å². The molecule has 0 aliphatic carbocycles. The normalized spacial score (nSPS) is 19.3. The van der Waals surface area contributed by atoms with Crippen molar-refractivity contribution >= 4 is 23.5 Å². The molecule has 2 aliphatic heterocycles. The number of hydrogen-bond donors (Lipinski definition) is 0. The Bertz CT molecular complexity index is 706. The van der Waals surface area contributed by atoms with Crippen LogP contribution in [-0.2, 0) is 0 Å². The lowest BCUT2D eigenvalue weighted by atomic mass is 9.99. The molecule has 1 aromatic rings. The fourth-order valence-corrected chi connectivity index (χ4v) is 4.06. The molecule has 2 heterocycles. The summed E-state index contributed by atoms with van der Waals surface area (Å²) in [5.41, 5.74) is 1.88. The van der Waals surface area contributed by atoms with E-state index in [1.54, 1.807) is 6.07 Å². The highest BCUT2D eigenvalue weighted by Crippen LogP contribution is 2.36. The second-order valence-electron chi connectivity index (χ2n) is 7.82. The summed E-state index contributed by atoms with van der Waals surface area (Å²) in [7, 11) is 0. The van der Waals surface area contributed by atoms with Crippen molar-refractivity contribution in [3.8, 4) is 0 Å². The standard InChI is InChI=1S/C22H26F6N2/c23-21(24,25)9-7-17-15-18(8-10-22(26,27)28)20(30-13-5-2-6-14-30)16-19(17)29-11-3-1-4-12-29/h7-10,15-16H,1-6,11-14H2/b9-7+,10-8+. The van der Waals surface area contributed by atoms with Crippen LogP contribution in [0.3, 0.4) is 0 Å². The SMILES string of the molecule is FC(F)(F)/C=C/c1cc(/C=C/C(F)(F)F)c(N2CCCCC2)cc1N1CCCCC1. The molecule has 0 saturated carbocycles. The Morgan fingerprint density at radius 1 is 0.567 bits per heavy atom. The maximum atomic E-state index is 12.8. The highest BCUT2D eigenvalue weighted by atomic mass is 19.4. The molecule has 0 radical (unpaired) electrons. The molecule has 3 rings (SSSR count). The minimum absolute atomic E-state index is 0.146. The summed E-state index contributed by atoms with van der Waals surface area (Å²) in [5.74, 6) is 0. The van der Waals surface area contributed by atoms with Gasteiger partial charge < -0.3 is 9.80 Å². The number of anilines is 2. The molecular formula is C22H26F6N2. The first-order chi connectivity index (χ1) is 14.1. The molecule has 0 N–H and O–H groups in total. The summed E-state index contributed by atoms with van der Waals surface area (Å²) in [6.45, 7) is 2.90. The number of piperidine rings is 2. The van der Waals surface area contributed by atoms with Gasteiger partial charge in [0.15, 0.2) is 0 Å². The number of alkyl halides is 6. The lowest BCUT2D eigenvalue weighted by Crippen LogP contribution is -2.32. The number of rotatable bonds is 4. The van der Waals surface area contributed by atoms with E-state index in [0.717, 1.165) is 76.9 Å². The molecule has 0 amide bonds. The van der Waals surface area contributed by atoms with Crippen molar-refractivity contribution in [1.29, 1.82) is 0 Å². The van der Waals surface area contributed by atoms with Crippen LogP contribution in [0.1, 0.15) is 49.7 Å². The highest BCUT2D eigenvalue weighted by molar-refractivity contribution is 5.80. The molecule has 0 atom stereocenters. The van der Waals surface area contributed by atoms with Gasteiger partial charge in [0.1, 0.15) is 0 Å². The van der Waals surface area contributed by atoms with Gasteiger partial charge in [-0.3, -0.25) is 0 Å². The van der Waals surface area contributed by atoms with E-state index in [9.17, 15) is 26.3 Å². The Morgan fingerprint density at radius 3 is 1.27 bits per heavy atom. The molecule has 2 fully saturated rings. The van der Waals surface area contributed by atoms with Crippen LogP contribution in [0.25, 0.3) is 12.2 Å². The van der Waals surface area contributed by atoms with Crippen LogP contribution in [0.4, 0.5) is 37.7 Å². The Kier molecular flexibility index (Phi) is 7.03. The summed E-state index contributed by atoms with van der Waals surface area (Å²) in [4.78, 5) is 4.09. The predicted molar refractivity (Wildman–Crippen MR) is 109 cm³/mol. The van der Waals surface area contributed by atoms with Crippen LogP contribution in [0.15, 0.2) is 24.3 Å². The van der Waals surface area contributed by atoms with Crippen LogP contribution in [-0.4, -0.2) is 38.5 Å². The molecule has 30 heavy (non-hydrogen) atoms. The summed E-state index contributed by atoms with van der Waals surface area (Å²) < 4.78 is 76.9. The zero-order valence-electron chi connectivity index (χ0n) is 16.7. The predicted octanol–water partition coefficient (Wildman–Crippen LogP) is 6.82. The van der Waals surface area contributed by atoms with Gasteiger partial charge in [0.25, 0.3) is 0 Å². The lowest BCUT2D eigenvalue weighted by molar-refractivity contribution is -0.0800. The summed E-state index contributed by atoms with van der Waals surface area (Å²) in [6.07, 6.45) is -0.863. The van der Waals surface area contributed by atoms with Gasteiger partial charge in [0.2, 0.25) is 0 Å². The molecule has 2 aliphatic rings. The fourth-order valence-electron chi connectivity index (χ4n) is 4.06. The van der Waals surface area contributed by atoms with E-state index in [1.165, 1.54) is 6.07 Å². The van der Waals surface area contributed by atoms with E-state index in [2.05, 4.69) is 0 Å². The van der Waals surface area contributed by atoms with E-state index < -0.39 is 12.4 Å². The monoisotopic (exact) mass is 432 g/mol. The maximum absolute atomic E-state index is 12.8. The van der Waals surface area contributed by atoms with E-state index >= 15 is 0 Å². The van der Waals surface area contributed by atoms with Gasteiger partial charge in [-0.1, -0.05) is 0 Å². The minimum atomic E-state index is -4.49. The van der Waals surface area contributed by atoms with E-state index in [4.69, 9.17) is 0 Å². The average molecular weight is 432 g/mol. The van der Waals surface area contributed by atoms with Crippen LogP contribution in [0, 0.1) is 0 Å². The van der Waals surface area contributed by atoms with Crippen molar-refractivity contribution in [1.82, 2.24) is 0 Å². The zero-order chi connectivity index (χ0) is 21.8. The summed E-state index contributed by atoms with van der Waals surface area (Å²) in [5, 5.41) is 0. The number of benzene rings is 1. The first-order valence-electron chi connectivity index (χ1n) is 10.3. The number of halogens is 6. The van der Waals surface area contributed by atoms with E-state index in [1.807, 2.05) is 9.80 Å². The summed E-state index contributed by atoms with van der Waals surface area (Å²) in [6, 6.07) is 3.24. The lowest BCUT2D eigenvalue weighted by Gasteiger charge is -2.34. The van der Waals surface area contributed by atoms with Gasteiger partial charge in [-0.2, -0.15) is 26.3 Å². The quantitative estimate of drug-likeness (QED) is 0.482. The topological polar surface area (TPSA) is 6.48 Å². The second-order valence-corrected chi connectivity index (χ2v) is 7.82. The van der Waals surface area contributed by atoms with Gasteiger partial charge in [-0.25, -0.2) is 0 Å². The first kappa shape index (κ1) is 22.6. The van der Waals surface area contributed by atoms with Crippen molar-refractivity contribution in [3.63, 3.8) is 0 Å². The zero-order valence-corrected chi connectivity index (χ0v) is 16.7. The number of nitrogens with zero attached hydrogens (tertiary/aromatic N) is 2. The number of hydrogen-bond acceptors (Lipinski definition) is 2. The first-order valence-corrected chi connectivity index (χ1v) is 10.3. The Morgan fingerprint density at radius 2 is 0.933 bits per heavy atom. The molecule has 0 aromatic heterocycles. The van der Waals surface area contributed by atoms with Crippen molar-refractivity contribution in [2.24, 2.45) is 0 Å². The summed E-state index contributed by atoms with van der Waals surface area (Å²) >= 11 is 0. The van der Waals surface area contributed by atoms with Gasteiger partial charge in [-0.15, -0.1) is 0 Å². The van der Waals surface area contributed by atoms with Crippen molar-refractivity contribution < 1.29 is 26.3 Å². The van der Waals surface area contributed by atoms with Gasteiger partial charge in [0, 0.05) is 49.7 Å². The third-order valence-electron chi connectivity index (χ3n) is 5.47. The van der Waals surface area contributed by atoms with Crippen molar-refractivity contribution in [2.75, 3.05) is 36.0 Å². The molecule has 2 nitrogen and oxygen atoms in total. The Balaban J connectivity index is 2.10. The second kappa shape index (κ2) is 9.35. The average Bonchev–Trinajstić information content (AvgIpc) is 2.70. The van der Waals surface area contributed by atoms with Crippen molar-refractivity contribution in [2.45, 2.75) is 50.9 Å². The minimum Gasteiger partial charge on any atom is -0.371 e. The van der Waals surface area contributed by atoms with Crippen LogP contribution < -0.4 is 9.80 Å². The molecular weight excluding hydrogens is 406 g/mol. The maximum Gasteiger partial charge on any atom is 0.409 e. The molecule has 166 valence electrons.